The molecule has 2 aromatic carbocycles. The molecule has 0 saturated carbocycles. The first-order valence-electron chi connectivity index (χ1n) is 10.5. The molecule has 2 saturated heterocycles. The SMILES string of the molecule is CCOc1ccc(CC(=O)N2C[C@@H]3CN(C(C)=O)[C@@H](c4cccc(F)c4)[C@@H]3C2)cc1. The first-order valence-corrected chi connectivity index (χ1v) is 10.5. The fourth-order valence-corrected chi connectivity index (χ4v) is 4.85. The lowest BCUT2D eigenvalue weighted by Crippen LogP contribution is -2.37. The molecule has 2 amide bonds. The smallest absolute Gasteiger partial charge is 0.227 e. The third-order valence-corrected chi connectivity index (χ3v) is 6.20. The van der Waals surface area contributed by atoms with Crippen molar-refractivity contribution in [1.82, 2.24) is 9.80 Å². The van der Waals surface area contributed by atoms with Crippen molar-refractivity contribution < 1.29 is 18.7 Å². The van der Waals surface area contributed by atoms with Crippen LogP contribution in [0.2, 0.25) is 0 Å². The van der Waals surface area contributed by atoms with Crippen LogP contribution in [-0.2, 0) is 16.0 Å². The van der Waals surface area contributed by atoms with Crippen LogP contribution < -0.4 is 4.74 Å². The number of hydrogen-bond acceptors (Lipinski definition) is 3. The molecule has 0 aromatic heterocycles. The number of ether oxygens (including phenoxy) is 1. The fraction of sp³-hybridized carbons (Fsp3) is 0.417. The van der Waals surface area contributed by atoms with Crippen molar-refractivity contribution in [1.29, 1.82) is 0 Å². The summed E-state index contributed by atoms with van der Waals surface area (Å²) < 4.78 is 19.3. The van der Waals surface area contributed by atoms with Crippen LogP contribution in [0, 0.1) is 17.7 Å². The number of hydrogen-bond donors (Lipinski definition) is 0. The van der Waals surface area contributed by atoms with Crippen molar-refractivity contribution in [2.24, 2.45) is 11.8 Å². The van der Waals surface area contributed by atoms with Crippen molar-refractivity contribution >= 4 is 11.8 Å². The van der Waals surface area contributed by atoms with E-state index in [9.17, 15) is 14.0 Å². The van der Waals surface area contributed by atoms with Crippen LogP contribution in [-0.4, -0.2) is 47.9 Å². The van der Waals surface area contributed by atoms with Crippen LogP contribution >= 0.6 is 0 Å². The summed E-state index contributed by atoms with van der Waals surface area (Å²) in [5, 5.41) is 0. The summed E-state index contributed by atoms with van der Waals surface area (Å²) in [5.41, 5.74) is 1.76. The molecule has 158 valence electrons. The third kappa shape index (κ3) is 4.04. The summed E-state index contributed by atoms with van der Waals surface area (Å²) >= 11 is 0. The average Bonchev–Trinajstić information content (AvgIpc) is 3.28. The number of halogens is 1. The van der Waals surface area contributed by atoms with E-state index in [0.29, 0.717) is 32.7 Å². The number of amides is 2. The first-order chi connectivity index (χ1) is 14.5. The highest BCUT2D eigenvalue weighted by molar-refractivity contribution is 5.79. The van der Waals surface area contributed by atoms with Gasteiger partial charge in [-0.2, -0.15) is 0 Å². The van der Waals surface area contributed by atoms with Gasteiger partial charge in [-0.25, -0.2) is 4.39 Å². The molecule has 3 atom stereocenters. The molecule has 6 heteroatoms. The van der Waals surface area contributed by atoms with Gasteiger partial charge < -0.3 is 14.5 Å². The highest BCUT2D eigenvalue weighted by atomic mass is 19.1. The molecule has 2 heterocycles. The Morgan fingerprint density at radius 1 is 1.10 bits per heavy atom. The lowest BCUT2D eigenvalue weighted by molar-refractivity contribution is -0.131. The van der Waals surface area contributed by atoms with E-state index in [2.05, 4.69) is 0 Å². The average molecular weight is 410 g/mol. The lowest BCUT2D eigenvalue weighted by Gasteiger charge is -2.29. The number of carbonyl (C=O) groups excluding carboxylic acids is 2. The second-order valence-electron chi connectivity index (χ2n) is 8.15. The predicted molar refractivity (Wildman–Crippen MR) is 111 cm³/mol. The quantitative estimate of drug-likeness (QED) is 0.759. The van der Waals surface area contributed by atoms with E-state index in [-0.39, 0.29) is 35.5 Å². The maximum absolute atomic E-state index is 13.8. The Morgan fingerprint density at radius 3 is 2.53 bits per heavy atom. The molecule has 2 fully saturated rings. The van der Waals surface area contributed by atoms with Gasteiger partial charge in [-0.15, -0.1) is 0 Å². The Labute approximate surface area is 176 Å². The molecule has 5 nitrogen and oxygen atoms in total. The standard InChI is InChI=1S/C24H27FN2O3/c1-3-30-21-9-7-17(8-10-21)11-23(29)26-13-19-14-27(16(2)28)24(22(19)15-26)18-5-4-6-20(25)12-18/h4-10,12,19,22,24H,3,11,13-15H2,1-2H3/t19-,22-,24+/m1/s1. The van der Waals surface area contributed by atoms with Crippen molar-refractivity contribution in [3.63, 3.8) is 0 Å². The summed E-state index contributed by atoms with van der Waals surface area (Å²) in [7, 11) is 0. The largest absolute Gasteiger partial charge is 0.494 e. The van der Waals surface area contributed by atoms with E-state index in [1.54, 1.807) is 13.0 Å². The number of rotatable bonds is 5. The minimum atomic E-state index is -0.305. The minimum absolute atomic E-state index is 0.00840. The van der Waals surface area contributed by atoms with Gasteiger partial charge in [0, 0.05) is 38.4 Å². The molecular weight excluding hydrogens is 383 g/mol. The number of benzene rings is 2. The van der Waals surface area contributed by atoms with Crippen LogP contribution in [0.15, 0.2) is 48.5 Å². The van der Waals surface area contributed by atoms with Crippen LogP contribution in [0.25, 0.3) is 0 Å². The minimum Gasteiger partial charge on any atom is -0.494 e. The van der Waals surface area contributed by atoms with Gasteiger partial charge in [0.2, 0.25) is 11.8 Å². The van der Waals surface area contributed by atoms with Gasteiger partial charge in [0.25, 0.3) is 0 Å². The zero-order chi connectivity index (χ0) is 21.3. The van der Waals surface area contributed by atoms with Gasteiger partial charge in [0.05, 0.1) is 19.1 Å². The zero-order valence-electron chi connectivity index (χ0n) is 17.4. The number of likely N-dealkylation sites (tertiary alicyclic amines) is 2. The topological polar surface area (TPSA) is 49.9 Å². The van der Waals surface area contributed by atoms with Gasteiger partial charge in [0.15, 0.2) is 0 Å². The van der Waals surface area contributed by atoms with E-state index in [1.807, 2.05) is 47.1 Å². The summed E-state index contributed by atoms with van der Waals surface area (Å²) in [6.07, 6.45) is 0.340. The monoisotopic (exact) mass is 410 g/mol. The van der Waals surface area contributed by atoms with Gasteiger partial charge in [-0.1, -0.05) is 24.3 Å². The highest BCUT2D eigenvalue weighted by Crippen LogP contribution is 2.45. The van der Waals surface area contributed by atoms with E-state index < -0.39 is 0 Å². The van der Waals surface area contributed by atoms with Gasteiger partial charge in [-0.05, 0) is 42.3 Å². The van der Waals surface area contributed by atoms with Crippen LogP contribution in [0.4, 0.5) is 4.39 Å². The van der Waals surface area contributed by atoms with Crippen molar-refractivity contribution in [3.05, 3.63) is 65.5 Å². The van der Waals surface area contributed by atoms with Crippen LogP contribution in [0.3, 0.4) is 0 Å². The van der Waals surface area contributed by atoms with Gasteiger partial charge >= 0.3 is 0 Å². The van der Waals surface area contributed by atoms with Crippen molar-refractivity contribution in [2.45, 2.75) is 26.3 Å². The van der Waals surface area contributed by atoms with Gasteiger partial charge in [0.1, 0.15) is 11.6 Å². The summed E-state index contributed by atoms with van der Waals surface area (Å²) in [6.45, 7) is 5.93. The molecule has 0 N–H and O–H groups in total. The Morgan fingerprint density at radius 2 is 1.87 bits per heavy atom. The molecule has 2 aliphatic heterocycles. The Kier molecular flexibility index (Phi) is 5.75. The Balaban J connectivity index is 1.47. The molecule has 2 aromatic rings. The normalized spacial score (nSPS) is 22.8. The number of carbonyl (C=O) groups is 2. The number of fused-ring (bicyclic) bond motifs is 1. The highest BCUT2D eigenvalue weighted by Gasteiger charge is 2.49. The Hall–Kier alpha value is -2.89. The van der Waals surface area contributed by atoms with Crippen LogP contribution in [0.1, 0.15) is 31.0 Å². The molecule has 4 rings (SSSR count). The van der Waals surface area contributed by atoms with Crippen molar-refractivity contribution in [3.8, 4) is 5.75 Å². The summed E-state index contributed by atoms with van der Waals surface area (Å²) in [4.78, 5) is 28.9. The van der Waals surface area contributed by atoms with Crippen LogP contribution in [0.5, 0.6) is 5.75 Å². The molecule has 0 bridgehead atoms. The van der Waals surface area contributed by atoms with E-state index in [1.165, 1.54) is 12.1 Å². The molecule has 2 aliphatic rings. The lowest BCUT2D eigenvalue weighted by atomic mass is 9.89. The molecular formula is C24H27FN2O3. The fourth-order valence-electron chi connectivity index (χ4n) is 4.85. The maximum Gasteiger partial charge on any atom is 0.227 e. The predicted octanol–water partition coefficient (Wildman–Crippen LogP) is 3.44. The first kappa shape index (κ1) is 20.4. The molecule has 30 heavy (non-hydrogen) atoms. The van der Waals surface area contributed by atoms with E-state index in [0.717, 1.165) is 16.9 Å². The second kappa shape index (κ2) is 8.46. The van der Waals surface area contributed by atoms with E-state index >= 15 is 0 Å². The molecule has 0 aliphatic carbocycles. The zero-order valence-corrected chi connectivity index (χ0v) is 17.4. The van der Waals surface area contributed by atoms with E-state index in [4.69, 9.17) is 4.74 Å². The third-order valence-electron chi connectivity index (χ3n) is 6.20. The molecule has 0 unspecified atom stereocenters. The van der Waals surface area contributed by atoms with Crippen molar-refractivity contribution in [2.75, 3.05) is 26.2 Å². The molecule has 0 radical (unpaired) electrons. The summed E-state index contributed by atoms with van der Waals surface area (Å²) in [6, 6.07) is 13.9. The second-order valence-corrected chi connectivity index (χ2v) is 8.15. The number of nitrogens with zero attached hydrogens (tertiary/aromatic N) is 2. The maximum atomic E-state index is 13.8. The van der Waals surface area contributed by atoms with Gasteiger partial charge in [-0.3, -0.25) is 9.59 Å². The summed E-state index contributed by atoms with van der Waals surface area (Å²) in [5.74, 6) is 0.908. The Bertz CT molecular complexity index is 930. The molecule has 0 spiro atoms.